The highest BCUT2D eigenvalue weighted by Gasteiger charge is 2.24. The molecule has 5 nitrogen and oxygen atoms in total. The minimum absolute atomic E-state index is 0.101. The number of carbonyl (C=O) groups is 1. The maximum absolute atomic E-state index is 11.6. The number of methoxy groups -OCH3 is 1. The number of ether oxygens (including phenoxy) is 2. The van der Waals surface area contributed by atoms with E-state index in [1.807, 2.05) is 4.90 Å². The summed E-state index contributed by atoms with van der Waals surface area (Å²) in [4.78, 5) is 15.9. The first kappa shape index (κ1) is 12.8. The van der Waals surface area contributed by atoms with E-state index in [2.05, 4.69) is 4.90 Å². The quantitative estimate of drug-likeness (QED) is 0.693. The number of amides is 1. The molecule has 98 valence electrons. The lowest BCUT2D eigenvalue weighted by atomic mass is 10.2. The summed E-state index contributed by atoms with van der Waals surface area (Å²) in [7, 11) is 1.56. The third-order valence-electron chi connectivity index (χ3n) is 3.48. The van der Waals surface area contributed by atoms with E-state index < -0.39 is 0 Å². The first-order valence-corrected chi connectivity index (χ1v) is 6.40. The summed E-state index contributed by atoms with van der Waals surface area (Å²) in [5.74, 6) is 0.101. The van der Waals surface area contributed by atoms with Gasteiger partial charge in [-0.15, -0.1) is 0 Å². The van der Waals surface area contributed by atoms with Gasteiger partial charge in [0.1, 0.15) is 6.61 Å². The zero-order valence-electron chi connectivity index (χ0n) is 10.6. The topological polar surface area (TPSA) is 42.0 Å². The van der Waals surface area contributed by atoms with Crippen molar-refractivity contribution in [3.05, 3.63) is 0 Å². The van der Waals surface area contributed by atoms with Gasteiger partial charge in [-0.2, -0.15) is 0 Å². The number of nitrogens with zero attached hydrogens (tertiary/aromatic N) is 2. The van der Waals surface area contributed by atoms with Gasteiger partial charge in [0.15, 0.2) is 0 Å². The molecule has 0 N–H and O–H groups in total. The maximum atomic E-state index is 11.6. The Morgan fingerprint density at radius 2 is 2.12 bits per heavy atom. The first-order chi connectivity index (χ1) is 8.29. The zero-order valence-corrected chi connectivity index (χ0v) is 10.6. The van der Waals surface area contributed by atoms with Crippen LogP contribution < -0.4 is 0 Å². The fourth-order valence-corrected chi connectivity index (χ4v) is 2.47. The largest absolute Gasteiger partial charge is 0.377 e. The second-order valence-electron chi connectivity index (χ2n) is 4.75. The van der Waals surface area contributed by atoms with Gasteiger partial charge < -0.3 is 14.4 Å². The van der Waals surface area contributed by atoms with E-state index in [1.165, 1.54) is 12.8 Å². The molecule has 0 aromatic carbocycles. The summed E-state index contributed by atoms with van der Waals surface area (Å²) in [6.07, 6.45) is 2.79. The van der Waals surface area contributed by atoms with Crippen molar-refractivity contribution in [1.82, 2.24) is 9.80 Å². The third-order valence-corrected chi connectivity index (χ3v) is 3.48. The Morgan fingerprint density at radius 1 is 1.35 bits per heavy atom. The molecular weight excluding hydrogens is 220 g/mol. The molecule has 5 heteroatoms. The van der Waals surface area contributed by atoms with Gasteiger partial charge in [-0.3, -0.25) is 9.69 Å². The summed E-state index contributed by atoms with van der Waals surface area (Å²) in [5, 5.41) is 0. The maximum Gasteiger partial charge on any atom is 0.248 e. The normalized spacial score (nSPS) is 26.4. The van der Waals surface area contributed by atoms with Crippen molar-refractivity contribution in [3.8, 4) is 0 Å². The minimum atomic E-state index is 0.101. The first-order valence-electron chi connectivity index (χ1n) is 6.40. The second kappa shape index (κ2) is 6.33. The van der Waals surface area contributed by atoms with Crippen molar-refractivity contribution in [1.29, 1.82) is 0 Å². The van der Waals surface area contributed by atoms with Gasteiger partial charge in [0, 0.05) is 46.4 Å². The van der Waals surface area contributed by atoms with Crippen LogP contribution in [0.3, 0.4) is 0 Å². The van der Waals surface area contributed by atoms with Crippen LogP contribution in [-0.4, -0.2) is 74.9 Å². The van der Waals surface area contributed by atoms with E-state index >= 15 is 0 Å². The second-order valence-corrected chi connectivity index (χ2v) is 4.75. The molecule has 1 atom stereocenters. The molecule has 0 radical (unpaired) electrons. The molecule has 0 aliphatic carbocycles. The van der Waals surface area contributed by atoms with Crippen LogP contribution in [0.25, 0.3) is 0 Å². The molecule has 17 heavy (non-hydrogen) atoms. The van der Waals surface area contributed by atoms with Crippen LogP contribution in [0.15, 0.2) is 0 Å². The highest BCUT2D eigenvalue weighted by molar-refractivity contribution is 5.77. The van der Waals surface area contributed by atoms with Crippen molar-refractivity contribution >= 4 is 5.91 Å². The van der Waals surface area contributed by atoms with Crippen LogP contribution in [0.5, 0.6) is 0 Å². The lowest BCUT2D eigenvalue weighted by Gasteiger charge is -2.35. The van der Waals surface area contributed by atoms with E-state index in [1.54, 1.807) is 7.11 Å². The summed E-state index contributed by atoms with van der Waals surface area (Å²) in [5.41, 5.74) is 0. The van der Waals surface area contributed by atoms with E-state index in [0.29, 0.717) is 6.10 Å². The molecule has 0 aromatic heterocycles. The molecule has 2 aliphatic rings. The SMILES string of the molecule is COCC(=O)N1CCN(C[C@@H]2CCCO2)CC1. The predicted molar refractivity (Wildman–Crippen MR) is 63.9 cm³/mol. The summed E-state index contributed by atoms with van der Waals surface area (Å²) >= 11 is 0. The van der Waals surface area contributed by atoms with E-state index in [0.717, 1.165) is 39.3 Å². The van der Waals surface area contributed by atoms with Crippen LogP contribution in [0.2, 0.25) is 0 Å². The Morgan fingerprint density at radius 3 is 2.71 bits per heavy atom. The van der Waals surface area contributed by atoms with E-state index in [4.69, 9.17) is 9.47 Å². The average molecular weight is 242 g/mol. The Labute approximate surface area is 103 Å². The average Bonchev–Trinajstić information content (AvgIpc) is 2.83. The third kappa shape index (κ3) is 3.66. The molecule has 2 saturated heterocycles. The Hall–Kier alpha value is -0.650. The highest BCUT2D eigenvalue weighted by atomic mass is 16.5. The monoisotopic (exact) mass is 242 g/mol. The van der Waals surface area contributed by atoms with Crippen LogP contribution in [-0.2, 0) is 14.3 Å². The van der Waals surface area contributed by atoms with Gasteiger partial charge in [0.05, 0.1) is 6.10 Å². The molecule has 2 rings (SSSR count). The lowest BCUT2D eigenvalue weighted by molar-refractivity contribution is -0.137. The molecule has 0 unspecified atom stereocenters. The Balaban J connectivity index is 1.68. The van der Waals surface area contributed by atoms with Gasteiger partial charge in [-0.25, -0.2) is 0 Å². The fraction of sp³-hybridized carbons (Fsp3) is 0.917. The number of carbonyl (C=O) groups excluding carboxylic acids is 1. The smallest absolute Gasteiger partial charge is 0.248 e. The van der Waals surface area contributed by atoms with Crippen LogP contribution in [0.1, 0.15) is 12.8 Å². The van der Waals surface area contributed by atoms with Crippen molar-refractivity contribution in [2.24, 2.45) is 0 Å². The Kier molecular flexibility index (Phi) is 4.76. The molecular formula is C12H22N2O3. The molecule has 1 amide bonds. The highest BCUT2D eigenvalue weighted by Crippen LogP contribution is 2.14. The van der Waals surface area contributed by atoms with Crippen LogP contribution >= 0.6 is 0 Å². The van der Waals surface area contributed by atoms with Crippen molar-refractivity contribution in [3.63, 3.8) is 0 Å². The van der Waals surface area contributed by atoms with Gasteiger partial charge in [0.2, 0.25) is 5.91 Å². The fourth-order valence-electron chi connectivity index (χ4n) is 2.47. The standard InChI is InChI=1S/C12H22N2O3/c1-16-10-12(15)14-6-4-13(5-7-14)9-11-3-2-8-17-11/h11H,2-10H2,1H3/t11-/m0/s1. The van der Waals surface area contributed by atoms with Crippen LogP contribution in [0, 0.1) is 0 Å². The van der Waals surface area contributed by atoms with Gasteiger partial charge >= 0.3 is 0 Å². The predicted octanol–water partition coefficient (Wildman–Crippen LogP) is -0.0440. The molecule has 2 heterocycles. The van der Waals surface area contributed by atoms with Gasteiger partial charge in [-0.1, -0.05) is 0 Å². The lowest BCUT2D eigenvalue weighted by Crippen LogP contribution is -2.51. The Bertz CT molecular complexity index is 246. The molecule has 0 spiro atoms. The van der Waals surface area contributed by atoms with Gasteiger partial charge in [0.25, 0.3) is 0 Å². The summed E-state index contributed by atoms with van der Waals surface area (Å²) in [6, 6.07) is 0. The van der Waals surface area contributed by atoms with Crippen LogP contribution in [0.4, 0.5) is 0 Å². The number of hydrogen-bond donors (Lipinski definition) is 0. The minimum Gasteiger partial charge on any atom is -0.377 e. The number of hydrogen-bond acceptors (Lipinski definition) is 4. The number of piperazine rings is 1. The molecule has 0 aromatic rings. The van der Waals surface area contributed by atoms with Crippen molar-refractivity contribution < 1.29 is 14.3 Å². The number of rotatable bonds is 4. The molecule has 0 bridgehead atoms. The molecule has 2 aliphatic heterocycles. The summed E-state index contributed by atoms with van der Waals surface area (Å²) in [6.45, 7) is 5.67. The van der Waals surface area contributed by atoms with E-state index in [9.17, 15) is 4.79 Å². The molecule has 2 fully saturated rings. The zero-order chi connectivity index (χ0) is 12.1. The van der Waals surface area contributed by atoms with Crippen molar-refractivity contribution in [2.45, 2.75) is 18.9 Å². The molecule has 0 saturated carbocycles. The van der Waals surface area contributed by atoms with Crippen molar-refractivity contribution in [2.75, 3.05) is 53.0 Å². The van der Waals surface area contributed by atoms with E-state index in [-0.39, 0.29) is 12.5 Å². The van der Waals surface area contributed by atoms with Gasteiger partial charge in [-0.05, 0) is 12.8 Å². The summed E-state index contributed by atoms with van der Waals surface area (Å²) < 4.78 is 10.5.